The Balaban J connectivity index is 1.73. The van der Waals surface area contributed by atoms with Gasteiger partial charge >= 0.3 is 0 Å². The first-order valence-electron chi connectivity index (χ1n) is 7.32. The number of hydrogen-bond donors (Lipinski definition) is 1. The van der Waals surface area contributed by atoms with Gasteiger partial charge in [-0.3, -0.25) is 4.90 Å². The van der Waals surface area contributed by atoms with Crippen LogP contribution in [0.1, 0.15) is 20.3 Å². The topological polar surface area (TPSA) is 45.4 Å². The fourth-order valence-corrected chi connectivity index (χ4v) is 3.74. The van der Waals surface area contributed by atoms with Crippen LogP contribution >= 0.6 is 11.3 Å². The van der Waals surface area contributed by atoms with E-state index in [-0.39, 0.29) is 0 Å². The maximum atomic E-state index is 5.84. The number of rotatable bonds is 3. The largest absolute Gasteiger partial charge is 0.399 e. The summed E-state index contributed by atoms with van der Waals surface area (Å²) >= 11 is 1.75. The van der Waals surface area contributed by atoms with Crippen molar-refractivity contribution < 1.29 is 0 Å². The molecule has 0 radical (unpaired) electrons. The average Bonchev–Trinajstić information content (AvgIpc) is 2.89. The lowest BCUT2D eigenvalue weighted by molar-refractivity contribution is 0.193. The third-order valence-electron chi connectivity index (χ3n) is 4.20. The van der Waals surface area contributed by atoms with Gasteiger partial charge in [-0.15, -0.1) is 0 Å². The first kappa shape index (κ1) is 13.6. The number of thiazole rings is 1. The Kier molecular flexibility index (Phi) is 3.81. The molecule has 1 aliphatic rings. The first-order chi connectivity index (χ1) is 9.67. The molecule has 0 spiro atoms. The highest BCUT2D eigenvalue weighted by molar-refractivity contribution is 7.22. The summed E-state index contributed by atoms with van der Waals surface area (Å²) in [6.45, 7) is 8.98. The van der Waals surface area contributed by atoms with Gasteiger partial charge in [0.05, 0.1) is 10.2 Å². The van der Waals surface area contributed by atoms with E-state index in [0.717, 1.165) is 42.5 Å². The molecule has 0 saturated carbocycles. The SMILES string of the molecule is CCC(C)N1CCN(c2nc3ccc(N)cc3s2)CC1. The molecule has 2 aromatic rings. The summed E-state index contributed by atoms with van der Waals surface area (Å²) in [4.78, 5) is 9.71. The quantitative estimate of drug-likeness (QED) is 0.883. The van der Waals surface area contributed by atoms with Crippen LogP contribution in [-0.2, 0) is 0 Å². The van der Waals surface area contributed by atoms with Crippen LogP contribution in [0.15, 0.2) is 18.2 Å². The maximum absolute atomic E-state index is 5.84. The van der Waals surface area contributed by atoms with Gasteiger partial charge in [0.25, 0.3) is 0 Å². The fourth-order valence-electron chi connectivity index (χ4n) is 2.68. The lowest BCUT2D eigenvalue weighted by Crippen LogP contribution is -2.49. The van der Waals surface area contributed by atoms with Gasteiger partial charge in [-0.1, -0.05) is 18.3 Å². The predicted octanol–water partition coefficient (Wildman–Crippen LogP) is 2.80. The summed E-state index contributed by atoms with van der Waals surface area (Å²) < 4.78 is 1.18. The van der Waals surface area contributed by atoms with Crippen molar-refractivity contribution in [1.29, 1.82) is 0 Å². The van der Waals surface area contributed by atoms with Gasteiger partial charge < -0.3 is 10.6 Å². The normalized spacial score (nSPS) is 18.6. The Morgan fingerprint density at radius 1 is 1.30 bits per heavy atom. The predicted molar refractivity (Wildman–Crippen MR) is 87.6 cm³/mol. The molecule has 1 aromatic heterocycles. The number of nitrogen functional groups attached to an aromatic ring is 1. The van der Waals surface area contributed by atoms with Crippen molar-refractivity contribution in [3.05, 3.63) is 18.2 Å². The second-order valence-electron chi connectivity index (χ2n) is 5.50. The molecule has 2 N–H and O–H groups in total. The summed E-state index contributed by atoms with van der Waals surface area (Å²) in [6.07, 6.45) is 1.22. The number of aromatic nitrogens is 1. The van der Waals surface area contributed by atoms with E-state index in [0.29, 0.717) is 6.04 Å². The standard InChI is InChI=1S/C15H22N4S/c1-3-11(2)18-6-8-19(9-7-18)15-17-13-5-4-12(16)10-14(13)20-15/h4-5,10-11H,3,6-9,16H2,1-2H3. The van der Waals surface area contributed by atoms with E-state index in [9.17, 15) is 0 Å². The number of nitrogens with zero attached hydrogens (tertiary/aromatic N) is 3. The van der Waals surface area contributed by atoms with Crippen LogP contribution in [0.4, 0.5) is 10.8 Å². The lowest BCUT2D eigenvalue weighted by Gasteiger charge is -2.37. The zero-order valence-corrected chi connectivity index (χ0v) is 13.0. The van der Waals surface area contributed by atoms with Crippen LogP contribution in [0, 0.1) is 0 Å². The zero-order valence-electron chi connectivity index (χ0n) is 12.2. The van der Waals surface area contributed by atoms with E-state index in [2.05, 4.69) is 23.6 Å². The van der Waals surface area contributed by atoms with Gasteiger partial charge in [0.15, 0.2) is 5.13 Å². The molecule has 3 rings (SSSR count). The third-order valence-corrected chi connectivity index (χ3v) is 5.28. The van der Waals surface area contributed by atoms with Crippen molar-refractivity contribution in [2.45, 2.75) is 26.3 Å². The molecule has 5 heteroatoms. The van der Waals surface area contributed by atoms with Crippen molar-refractivity contribution in [2.24, 2.45) is 0 Å². The van der Waals surface area contributed by atoms with Gasteiger partial charge in [-0.25, -0.2) is 4.98 Å². The number of nitrogens with two attached hydrogens (primary N) is 1. The molecular weight excluding hydrogens is 268 g/mol. The monoisotopic (exact) mass is 290 g/mol. The summed E-state index contributed by atoms with van der Waals surface area (Å²) in [5.41, 5.74) is 7.71. The fraction of sp³-hybridized carbons (Fsp3) is 0.533. The highest BCUT2D eigenvalue weighted by Crippen LogP contribution is 2.30. The molecule has 0 bridgehead atoms. The van der Waals surface area contributed by atoms with Gasteiger partial charge in [0.2, 0.25) is 0 Å². The Labute approximate surface area is 124 Å². The second-order valence-corrected chi connectivity index (χ2v) is 6.51. The van der Waals surface area contributed by atoms with Gasteiger partial charge in [-0.05, 0) is 31.5 Å². The van der Waals surface area contributed by atoms with Crippen LogP contribution in [0.25, 0.3) is 10.2 Å². The minimum absolute atomic E-state index is 0.687. The highest BCUT2D eigenvalue weighted by Gasteiger charge is 2.22. The Hall–Kier alpha value is -1.33. The van der Waals surface area contributed by atoms with Crippen LogP contribution in [0.2, 0.25) is 0 Å². The molecule has 1 aliphatic heterocycles. The molecule has 0 amide bonds. The van der Waals surface area contributed by atoms with E-state index in [1.54, 1.807) is 11.3 Å². The van der Waals surface area contributed by atoms with Gasteiger partial charge in [0, 0.05) is 37.9 Å². The molecule has 20 heavy (non-hydrogen) atoms. The molecule has 1 atom stereocenters. The Bertz CT molecular complexity index is 587. The van der Waals surface area contributed by atoms with Crippen LogP contribution in [0.5, 0.6) is 0 Å². The molecule has 0 aliphatic carbocycles. The zero-order chi connectivity index (χ0) is 14.1. The molecule has 108 valence electrons. The molecular formula is C15H22N4S. The number of benzene rings is 1. The second kappa shape index (κ2) is 5.58. The molecule has 1 fully saturated rings. The van der Waals surface area contributed by atoms with E-state index in [4.69, 9.17) is 10.7 Å². The van der Waals surface area contributed by atoms with E-state index < -0.39 is 0 Å². The number of fused-ring (bicyclic) bond motifs is 1. The van der Waals surface area contributed by atoms with Crippen molar-refractivity contribution >= 4 is 32.4 Å². The number of hydrogen-bond acceptors (Lipinski definition) is 5. The van der Waals surface area contributed by atoms with Crippen molar-refractivity contribution in [2.75, 3.05) is 36.8 Å². The van der Waals surface area contributed by atoms with Crippen LogP contribution in [-0.4, -0.2) is 42.1 Å². The molecule has 1 saturated heterocycles. The summed E-state index contributed by atoms with van der Waals surface area (Å²) in [5, 5.41) is 1.13. The van der Waals surface area contributed by atoms with Crippen LogP contribution in [0.3, 0.4) is 0 Å². The van der Waals surface area contributed by atoms with Crippen LogP contribution < -0.4 is 10.6 Å². The highest BCUT2D eigenvalue weighted by atomic mass is 32.1. The van der Waals surface area contributed by atoms with Crippen molar-refractivity contribution in [3.8, 4) is 0 Å². The van der Waals surface area contributed by atoms with E-state index in [1.165, 1.54) is 11.1 Å². The summed E-state index contributed by atoms with van der Waals surface area (Å²) in [6, 6.07) is 6.64. The smallest absolute Gasteiger partial charge is 0.186 e. The number of anilines is 2. The summed E-state index contributed by atoms with van der Waals surface area (Å²) in [7, 11) is 0. The third kappa shape index (κ3) is 2.60. The Morgan fingerprint density at radius 2 is 2.05 bits per heavy atom. The Morgan fingerprint density at radius 3 is 2.75 bits per heavy atom. The first-order valence-corrected chi connectivity index (χ1v) is 8.14. The number of piperazine rings is 1. The maximum Gasteiger partial charge on any atom is 0.186 e. The van der Waals surface area contributed by atoms with Crippen molar-refractivity contribution in [3.63, 3.8) is 0 Å². The van der Waals surface area contributed by atoms with Gasteiger partial charge in [-0.2, -0.15) is 0 Å². The lowest BCUT2D eigenvalue weighted by atomic mass is 10.2. The minimum Gasteiger partial charge on any atom is -0.399 e. The molecule has 4 nitrogen and oxygen atoms in total. The average molecular weight is 290 g/mol. The summed E-state index contributed by atoms with van der Waals surface area (Å²) in [5.74, 6) is 0. The van der Waals surface area contributed by atoms with Crippen molar-refractivity contribution in [1.82, 2.24) is 9.88 Å². The van der Waals surface area contributed by atoms with Gasteiger partial charge in [0.1, 0.15) is 0 Å². The molecule has 2 heterocycles. The van der Waals surface area contributed by atoms with E-state index in [1.807, 2.05) is 18.2 Å². The molecule has 1 aromatic carbocycles. The molecule has 1 unspecified atom stereocenters. The minimum atomic E-state index is 0.687. The van der Waals surface area contributed by atoms with E-state index >= 15 is 0 Å².